The van der Waals surface area contributed by atoms with E-state index in [0.29, 0.717) is 28.5 Å². The molecule has 136 valence electrons. The van der Waals surface area contributed by atoms with E-state index in [1.165, 1.54) is 7.11 Å². The summed E-state index contributed by atoms with van der Waals surface area (Å²) in [5.41, 5.74) is 3.54. The fourth-order valence-electron chi connectivity index (χ4n) is 3.38. The molecule has 0 unspecified atom stereocenters. The first kappa shape index (κ1) is 17.3. The van der Waals surface area contributed by atoms with Crippen LogP contribution in [0.2, 0.25) is 5.02 Å². The molecule has 0 bridgehead atoms. The van der Waals surface area contributed by atoms with Crippen LogP contribution < -0.4 is 4.74 Å². The maximum atomic E-state index is 11.8. The van der Waals surface area contributed by atoms with Crippen LogP contribution in [0.15, 0.2) is 42.7 Å². The van der Waals surface area contributed by atoms with Gasteiger partial charge in [-0.2, -0.15) is 0 Å². The molecule has 1 aromatic carbocycles. The largest absolute Gasteiger partial charge is 0.481 e. The minimum absolute atomic E-state index is 0.260. The Bertz CT molecular complexity index is 1200. The molecule has 0 aliphatic carbocycles. The van der Waals surface area contributed by atoms with Crippen molar-refractivity contribution in [3.05, 3.63) is 64.6 Å². The third-order valence-corrected chi connectivity index (χ3v) is 4.87. The van der Waals surface area contributed by atoms with Gasteiger partial charge in [-0.05, 0) is 30.7 Å². The average Bonchev–Trinajstić information content (AvgIpc) is 2.92. The van der Waals surface area contributed by atoms with Gasteiger partial charge in [-0.15, -0.1) is 0 Å². The Morgan fingerprint density at radius 1 is 1.22 bits per heavy atom. The first-order valence-corrected chi connectivity index (χ1v) is 8.66. The molecule has 0 spiro atoms. The molecule has 27 heavy (non-hydrogen) atoms. The zero-order valence-electron chi connectivity index (χ0n) is 14.7. The minimum Gasteiger partial charge on any atom is -0.481 e. The number of hydrogen-bond donors (Lipinski definition) is 1. The number of hydrogen-bond acceptors (Lipinski definition) is 4. The summed E-state index contributed by atoms with van der Waals surface area (Å²) >= 11 is 6.05. The molecule has 0 saturated carbocycles. The maximum Gasteiger partial charge on any atom is 0.338 e. The number of nitrogens with zero attached hydrogens (tertiary/aromatic N) is 3. The van der Waals surface area contributed by atoms with Crippen LogP contribution in [-0.2, 0) is 6.54 Å². The number of pyridine rings is 2. The van der Waals surface area contributed by atoms with Crippen molar-refractivity contribution in [1.29, 1.82) is 0 Å². The van der Waals surface area contributed by atoms with Crippen LogP contribution in [0.3, 0.4) is 0 Å². The summed E-state index contributed by atoms with van der Waals surface area (Å²) in [6.07, 6.45) is 3.26. The van der Waals surface area contributed by atoms with E-state index in [1.54, 1.807) is 25.4 Å². The third kappa shape index (κ3) is 2.98. The quantitative estimate of drug-likeness (QED) is 0.570. The number of ether oxygens (including phenoxy) is 1. The van der Waals surface area contributed by atoms with E-state index >= 15 is 0 Å². The molecule has 0 amide bonds. The van der Waals surface area contributed by atoms with Crippen molar-refractivity contribution < 1.29 is 14.6 Å². The normalized spacial score (nSPS) is 11.2. The molecule has 3 aromatic heterocycles. The van der Waals surface area contributed by atoms with Gasteiger partial charge in [0.1, 0.15) is 0 Å². The number of aromatic carboxylic acids is 1. The van der Waals surface area contributed by atoms with E-state index in [2.05, 4.69) is 9.97 Å². The molecule has 6 nitrogen and oxygen atoms in total. The molecule has 0 aliphatic heterocycles. The molecule has 3 heterocycles. The molecule has 1 N–H and O–H groups in total. The first-order valence-electron chi connectivity index (χ1n) is 8.28. The second-order valence-corrected chi connectivity index (χ2v) is 6.71. The number of benzene rings is 1. The van der Waals surface area contributed by atoms with Crippen molar-refractivity contribution in [2.45, 2.75) is 13.5 Å². The number of rotatable bonds is 4. The van der Waals surface area contributed by atoms with Gasteiger partial charge in [0.2, 0.25) is 5.88 Å². The van der Waals surface area contributed by atoms with Crippen molar-refractivity contribution in [3.63, 3.8) is 0 Å². The minimum atomic E-state index is -0.973. The molecule has 0 atom stereocenters. The molecule has 7 heteroatoms. The Morgan fingerprint density at radius 2 is 2.04 bits per heavy atom. The highest BCUT2D eigenvalue weighted by molar-refractivity contribution is 6.31. The van der Waals surface area contributed by atoms with Gasteiger partial charge in [0.25, 0.3) is 0 Å². The SMILES string of the molecule is COc1cc2c(C(=O)O)c(C)n(Cc3ccc4ncc(Cl)cc4c3)c2cn1. The summed E-state index contributed by atoms with van der Waals surface area (Å²) in [5.74, 6) is -0.590. The highest BCUT2D eigenvalue weighted by Crippen LogP contribution is 2.29. The van der Waals surface area contributed by atoms with Gasteiger partial charge >= 0.3 is 5.97 Å². The summed E-state index contributed by atoms with van der Waals surface area (Å²) in [7, 11) is 1.51. The van der Waals surface area contributed by atoms with Crippen LogP contribution in [0, 0.1) is 6.92 Å². The number of aromatic nitrogens is 3. The van der Waals surface area contributed by atoms with E-state index < -0.39 is 5.97 Å². The Morgan fingerprint density at radius 3 is 2.78 bits per heavy atom. The number of methoxy groups -OCH3 is 1. The highest BCUT2D eigenvalue weighted by Gasteiger charge is 2.20. The predicted octanol–water partition coefficient (Wildman–Crippen LogP) is 4.30. The summed E-state index contributed by atoms with van der Waals surface area (Å²) in [6, 6.07) is 9.44. The molecule has 0 radical (unpaired) electrons. The van der Waals surface area contributed by atoms with E-state index in [9.17, 15) is 9.90 Å². The van der Waals surface area contributed by atoms with Gasteiger partial charge in [-0.1, -0.05) is 17.7 Å². The predicted molar refractivity (Wildman–Crippen MR) is 104 cm³/mol. The summed E-state index contributed by atoms with van der Waals surface area (Å²) in [4.78, 5) is 20.4. The maximum absolute atomic E-state index is 11.8. The van der Waals surface area contributed by atoms with Crippen LogP contribution >= 0.6 is 11.6 Å². The topological polar surface area (TPSA) is 77.2 Å². The monoisotopic (exact) mass is 381 g/mol. The second kappa shape index (κ2) is 6.55. The number of halogens is 1. The number of carboxylic acid groups (broad SMARTS) is 1. The number of fused-ring (bicyclic) bond motifs is 2. The lowest BCUT2D eigenvalue weighted by molar-refractivity contribution is 0.0698. The van der Waals surface area contributed by atoms with Gasteiger partial charge in [0, 0.05) is 35.3 Å². The molecular weight excluding hydrogens is 366 g/mol. The molecule has 4 rings (SSSR count). The van der Waals surface area contributed by atoms with Crippen molar-refractivity contribution >= 4 is 39.4 Å². The lowest BCUT2D eigenvalue weighted by Gasteiger charge is -2.10. The fourth-order valence-corrected chi connectivity index (χ4v) is 3.54. The lowest BCUT2D eigenvalue weighted by atomic mass is 10.1. The fraction of sp³-hybridized carbons (Fsp3) is 0.150. The third-order valence-electron chi connectivity index (χ3n) is 4.66. The van der Waals surface area contributed by atoms with Crippen molar-refractivity contribution in [1.82, 2.24) is 14.5 Å². The number of carboxylic acids is 1. The zero-order chi connectivity index (χ0) is 19.1. The zero-order valence-corrected chi connectivity index (χ0v) is 15.5. The van der Waals surface area contributed by atoms with Crippen LogP contribution in [-0.4, -0.2) is 32.7 Å². The lowest BCUT2D eigenvalue weighted by Crippen LogP contribution is -2.04. The highest BCUT2D eigenvalue weighted by atomic mass is 35.5. The van der Waals surface area contributed by atoms with E-state index in [-0.39, 0.29) is 5.56 Å². The van der Waals surface area contributed by atoms with Gasteiger partial charge in [0.15, 0.2) is 0 Å². The second-order valence-electron chi connectivity index (χ2n) is 6.28. The van der Waals surface area contributed by atoms with Crippen molar-refractivity contribution in [2.24, 2.45) is 0 Å². The van der Waals surface area contributed by atoms with Crippen LogP contribution in [0.25, 0.3) is 21.8 Å². The van der Waals surface area contributed by atoms with Crippen molar-refractivity contribution in [3.8, 4) is 5.88 Å². The van der Waals surface area contributed by atoms with Crippen molar-refractivity contribution in [2.75, 3.05) is 7.11 Å². The standard InChI is InChI=1S/C20H16ClN3O3/c1-11-19(20(25)26)15-7-18(27-2)23-9-17(15)24(11)10-12-3-4-16-13(5-12)6-14(21)8-22-16/h3-9H,10H2,1-2H3,(H,25,26). The summed E-state index contributed by atoms with van der Waals surface area (Å²) in [5, 5.41) is 11.8. The van der Waals surface area contributed by atoms with Crippen LogP contribution in [0.4, 0.5) is 0 Å². The van der Waals surface area contributed by atoms with Gasteiger partial charge in [-0.25, -0.2) is 9.78 Å². The summed E-state index contributed by atoms with van der Waals surface area (Å²) in [6.45, 7) is 2.31. The molecule has 0 aliphatic rings. The Kier molecular flexibility index (Phi) is 4.20. The van der Waals surface area contributed by atoms with Crippen LogP contribution in [0.1, 0.15) is 21.6 Å². The molecular formula is C20H16ClN3O3. The van der Waals surface area contributed by atoms with Gasteiger partial charge in [-0.3, -0.25) is 4.98 Å². The van der Waals surface area contributed by atoms with E-state index in [0.717, 1.165) is 22.0 Å². The first-order chi connectivity index (χ1) is 13.0. The van der Waals surface area contributed by atoms with Crippen LogP contribution in [0.5, 0.6) is 5.88 Å². The Hall–Kier alpha value is -3.12. The Balaban J connectivity index is 1.86. The van der Waals surface area contributed by atoms with Gasteiger partial charge < -0.3 is 14.4 Å². The van der Waals surface area contributed by atoms with E-state index in [1.807, 2.05) is 28.8 Å². The molecule has 0 saturated heterocycles. The summed E-state index contributed by atoms with van der Waals surface area (Å²) < 4.78 is 7.10. The number of carbonyl (C=O) groups is 1. The molecule has 4 aromatic rings. The average molecular weight is 382 g/mol. The Labute approximate surface area is 160 Å². The van der Waals surface area contributed by atoms with E-state index in [4.69, 9.17) is 16.3 Å². The van der Waals surface area contributed by atoms with Gasteiger partial charge in [0.05, 0.1) is 34.9 Å². The molecule has 0 fully saturated rings. The smallest absolute Gasteiger partial charge is 0.338 e.